The molecule has 102 valence electrons. The average Bonchev–Trinajstić information content (AvgIpc) is 2.87. The summed E-state index contributed by atoms with van der Waals surface area (Å²) in [6, 6.07) is 6.44. The molecule has 0 saturated heterocycles. The van der Waals surface area contributed by atoms with Crippen LogP contribution in [0.4, 0.5) is 5.69 Å². The maximum Gasteiger partial charge on any atom is 0.145 e. The molecule has 0 heterocycles. The third-order valence-electron chi connectivity index (χ3n) is 3.54. The fraction of sp³-hybridized carbons (Fsp3) is 0.467. The molecule has 1 fully saturated rings. The Morgan fingerprint density at radius 3 is 2.89 bits per heavy atom. The third-order valence-corrected chi connectivity index (χ3v) is 3.54. The number of hydrogen-bond donors (Lipinski definition) is 1. The van der Waals surface area contributed by atoms with Crippen molar-refractivity contribution < 1.29 is 4.74 Å². The molecule has 0 radical (unpaired) electrons. The summed E-state index contributed by atoms with van der Waals surface area (Å²) in [7, 11) is 3.75. The molecule has 19 heavy (non-hydrogen) atoms. The van der Waals surface area contributed by atoms with Gasteiger partial charge in [0, 0.05) is 24.9 Å². The average molecular weight is 259 g/mol. The van der Waals surface area contributed by atoms with Crippen LogP contribution in [-0.4, -0.2) is 39.2 Å². The second-order valence-corrected chi connectivity index (χ2v) is 4.78. The molecule has 1 aromatic carbocycles. The number of hydrogen-bond acceptors (Lipinski definition) is 4. The smallest absolute Gasteiger partial charge is 0.145 e. The van der Waals surface area contributed by atoms with Crippen molar-refractivity contribution in [3.05, 3.63) is 23.8 Å². The number of aliphatic imine (C=N–C) groups is 2. The predicted octanol–water partition coefficient (Wildman–Crippen LogP) is 2.59. The van der Waals surface area contributed by atoms with Crippen molar-refractivity contribution in [2.45, 2.75) is 31.4 Å². The molecular formula is C15H21N3O. The number of nitrogens with one attached hydrogen (secondary N) is 1. The first-order valence-corrected chi connectivity index (χ1v) is 6.64. The van der Waals surface area contributed by atoms with E-state index in [-0.39, 0.29) is 6.10 Å². The number of ether oxygens (including phenoxy) is 1. The van der Waals surface area contributed by atoms with Crippen molar-refractivity contribution in [3.63, 3.8) is 0 Å². The summed E-state index contributed by atoms with van der Waals surface area (Å²) in [5.74, 6) is 0.800. The molecule has 2 rings (SSSR count). The Hall–Kier alpha value is -1.68. The lowest BCUT2D eigenvalue weighted by Gasteiger charge is -2.16. The third kappa shape index (κ3) is 3.20. The highest BCUT2D eigenvalue weighted by Crippen LogP contribution is 2.33. The van der Waals surface area contributed by atoms with E-state index in [9.17, 15) is 0 Å². The molecule has 4 nitrogen and oxygen atoms in total. The minimum atomic E-state index is 0.256. The van der Waals surface area contributed by atoms with Crippen LogP contribution in [0.1, 0.15) is 24.8 Å². The van der Waals surface area contributed by atoms with Crippen LogP contribution in [0.2, 0.25) is 0 Å². The molecular weight excluding hydrogens is 238 g/mol. The van der Waals surface area contributed by atoms with E-state index in [1.165, 1.54) is 0 Å². The van der Waals surface area contributed by atoms with Crippen molar-refractivity contribution in [1.29, 1.82) is 0 Å². The van der Waals surface area contributed by atoms with Crippen molar-refractivity contribution in [2.75, 3.05) is 14.1 Å². The second-order valence-electron chi connectivity index (χ2n) is 4.78. The van der Waals surface area contributed by atoms with Gasteiger partial charge < -0.3 is 10.1 Å². The zero-order valence-corrected chi connectivity index (χ0v) is 11.6. The Bertz CT molecular complexity index is 470. The number of rotatable bonds is 5. The molecule has 1 aromatic rings. The largest absolute Gasteiger partial charge is 0.488 e. The summed E-state index contributed by atoms with van der Waals surface area (Å²) < 4.78 is 6.08. The quantitative estimate of drug-likeness (QED) is 0.826. The predicted molar refractivity (Wildman–Crippen MR) is 80.3 cm³/mol. The molecule has 1 aliphatic carbocycles. The number of benzene rings is 1. The second kappa shape index (κ2) is 6.48. The summed E-state index contributed by atoms with van der Waals surface area (Å²) in [5, 5.41) is 3.30. The van der Waals surface area contributed by atoms with E-state index in [0.29, 0.717) is 6.04 Å². The highest BCUT2D eigenvalue weighted by atomic mass is 16.5. The lowest BCUT2D eigenvalue weighted by molar-refractivity contribution is 0.207. The fourth-order valence-electron chi connectivity index (χ4n) is 2.54. The van der Waals surface area contributed by atoms with Crippen LogP contribution in [-0.2, 0) is 0 Å². The monoisotopic (exact) mass is 259 g/mol. The van der Waals surface area contributed by atoms with E-state index >= 15 is 0 Å². The highest BCUT2D eigenvalue weighted by Gasteiger charge is 2.25. The molecule has 0 amide bonds. The summed E-state index contributed by atoms with van der Waals surface area (Å²) in [6.45, 7) is 3.64. The van der Waals surface area contributed by atoms with Gasteiger partial charge in [-0.3, -0.25) is 9.98 Å². The highest BCUT2D eigenvalue weighted by molar-refractivity contribution is 5.89. The van der Waals surface area contributed by atoms with Gasteiger partial charge in [-0.2, -0.15) is 0 Å². The van der Waals surface area contributed by atoms with Crippen LogP contribution < -0.4 is 10.1 Å². The Morgan fingerprint density at radius 1 is 1.42 bits per heavy atom. The number of para-hydroxylation sites is 1. The van der Waals surface area contributed by atoms with Crippen LogP contribution in [0.15, 0.2) is 28.2 Å². The van der Waals surface area contributed by atoms with Crippen LogP contribution in [0.5, 0.6) is 5.75 Å². The first-order chi connectivity index (χ1) is 9.28. The van der Waals surface area contributed by atoms with E-state index < -0.39 is 0 Å². The molecule has 1 saturated carbocycles. The van der Waals surface area contributed by atoms with Crippen molar-refractivity contribution in [3.8, 4) is 5.75 Å². The van der Waals surface area contributed by atoms with Crippen LogP contribution in [0, 0.1) is 0 Å². The summed E-state index contributed by atoms with van der Waals surface area (Å²) >= 11 is 0. The molecule has 1 N–H and O–H groups in total. The van der Waals surface area contributed by atoms with E-state index in [2.05, 4.69) is 22.0 Å². The molecule has 4 heteroatoms. The van der Waals surface area contributed by atoms with Gasteiger partial charge in [0.05, 0.1) is 0 Å². The van der Waals surface area contributed by atoms with Crippen LogP contribution >= 0.6 is 0 Å². The van der Waals surface area contributed by atoms with Gasteiger partial charge >= 0.3 is 0 Å². The van der Waals surface area contributed by atoms with E-state index in [1.54, 1.807) is 13.3 Å². The van der Waals surface area contributed by atoms with Gasteiger partial charge in [0.1, 0.15) is 17.5 Å². The Labute approximate surface area is 114 Å². The Morgan fingerprint density at radius 2 is 2.26 bits per heavy atom. The maximum absolute atomic E-state index is 6.08. The van der Waals surface area contributed by atoms with Crippen molar-refractivity contribution >= 4 is 18.6 Å². The zero-order valence-electron chi connectivity index (χ0n) is 11.6. The summed E-state index contributed by atoms with van der Waals surface area (Å²) in [6.07, 6.45) is 5.32. The van der Waals surface area contributed by atoms with Gasteiger partial charge in [-0.15, -0.1) is 0 Å². The van der Waals surface area contributed by atoms with E-state index in [4.69, 9.17) is 4.74 Å². The molecule has 0 aromatic heterocycles. The molecule has 0 spiro atoms. The fourth-order valence-corrected chi connectivity index (χ4v) is 2.54. The normalized spacial score (nSPS) is 22.8. The lowest BCUT2D eigenvalue weighted by Crippen LogP contribution is -2.23. The molecule has 2 unspecified atom stereocenters. The summed E-state index contributed by atoms with van der Waals surface area (Å²) in [5.41, 5.74) is 1.72. The molecule has 1 aliphatic rings. The number of nitrogens with zero attached hydrogens (tertiary/aromatic N) is 2. The topological polar surface area (TPSA) is 46.0 Å². The summed E-state index contributed by atoms with van der Waals surface area (Å²) in [4.78, 5) is 8.12. The minimum Gasteiger partial charge on any atom is -0.488 e. The lowest BCUT2D eigenvalue weighted by atomic mass is 10.1. The van der Waals surface area contributed by atoms with Crippen molar-refractivity contribution in [2.24, 2.45) is 9.98 Å². The van der Waals surface area contributed by atoms with Gasteiger partial charge in [-0.25, -0.2) is 0 Å². The van der Waals surface area contributed by atoms with Gasteiger partial charge in [-0.05, 0) is 39.1 Å². The standard InChI is InChI=1S/C15H21N3O/c1-16-10-11-5-4-6-14(15(11)18-3)19-13-8-7-12(9-13)17-2/h4-6,10,12-13,17H,3,7-9H2,1-2H3. The van der Waals surface area contributed by atoms with Crippen molar-refractivity contribution in [1.82, 2.24) is 5.32 Å². The first kappa shape index (κ1) is 13.7. The van der Waals surface area contributed by atoms with Gasteiger partial charge in [0.15, 0.2) is 0 Å². The molecule has 0 bridgehead atoms. The minimum absolute atomic E-state index is 0.256. The maximum atomic E-state index is 6.08. The van der Waals surface area contributed by atoms with Crippen LogP contribution in [0.25, 0.3) is 0 Å². The Kier molecular flexibility index (Phi) is 4.68. The van der Waals surface area contributed by atoms with Gasteiger partial charge in [-0.1, -0.05) is 12.1 Å². The van der Waals surface area contributed by atoms with Gasteiger partial charge in [0.25, 0.3) is 0 Å². The van der Waals surface area contributed by atoms with Gasteiger partial charge in [0.2, 0.25) is 0 Å². The zero-order chi connectivity index (χ0) is 13.7. The molecule has 2 atom stereocenters. The van der Waals surface area contributed by atoms with E-state index in [1.807, 2.05) is 25.2 Å². The Balaban J connectivity index is 2.16. The van der Waals surface area contributed by atoms with Crippen LogP contribution in [0.3, 0.4) is 0 Å². The first-order valence-electron chi connectivity index (χ1n) is 6.64. The SMILES string of the molecule is C=Nc1c(C=NC)cccc1OC1CCC(NC)C1. The van der Waals surface area contributed by atoms with E-state index in [0.717, 1.165) is 36.3 Å². The molecule has 0 aliphatic heterocycles.